The van der Waals surface area contributed by atoms with Gasteiger partial charge in [-0.1, -0.05) is 22.8 Å². The van der Waals surface area contributed by atoms with Crippen molar-refractivity contribution in [2.24, 2.45) is 5.16 Å². The van der Waals surface area contributed by atoms with E-state index in [2.05, 4.69) is 5.16 Å². The molecular formula is C9H9ClFNO. The van der Waals surface area contributed by atoms with Crippen LogP contribution in [0.2, 0.25) is 0 Å². The fraction of sp³-hybridized carbons (Fsp3) is 0.222. The summed E-state index contributed by atoms with van der Waals surface area (Å²) in [6.45, 7) is 3.45. The summed E-state index contributed by atoms with van der Waals surface area (Å²) in [6.07, 6.45) is 0. The summed E-state index contributed by atoms with van der Waals surface area (Å²) in [4.78, 5) is 0. The topological polar surface area (TPSA) is 32.6 Å². The first-order chi connectivity index (χ1) is 6.07. The van der Waals surface area contributed by atoms with E-state index in [-0.39, 0.29) is 10.7 Å². The van der Waals surface area contributed by atoms with Crippen molar-refractivity contribution in [1.82, 2.24) is 0 Å². The molecule has 1 N–H and O–H groups in total. The van der Waals surface area contributed by atoms with E-state index in [1.54, 1.807) is 19.9 Å². The van der Waals surface area contributed by atoms with E-state index in [1.807, 2.05) is 0 Å². The Morgan fingerprint density at radius 3 is 2.62 bits per heavy atom. The maximum atomic E-state index is 13.4. The number of nitrogens with zero attached hydrogens (tertiary/aromatic N) is 1. The van der Waals surface area contributed by atoms with Crippen molar-refractivity contribution in [2.75, 3.05) is 0 Å². The zero-order chi connectivity index (χ0) is 10.0. The lowest BCUT2D eigenvalue weighted by Crippen LogP contribution is -1.99. The lowest BCUT2D eigenvalue weighted by atomic mass is 10.1. The third-order valence-electron chi connectivity index (χ3n) is 1.97. The summed E-state index contributed by atoms with van der Waals surface area (Å²) < 4.78 is 13.4. The minimum Gasteiger partial charge on any atom is -0.410 e. The van der Waals surface area contributed by atoms with Gasteiger partial charge in [0, 0.05) is 0 Å². The maximum Gasteiger partial charge on any atom is 0.178 e. The van der Waals surface area contributed by atoms with Gasteiger partial charge in [-0.3, -0.25) is 0 Å². The quantitative estimate of drug-likeness (QED) is 0.423. The Balaban J connectivity index is 3.34. The number of rotatable bonds is 1. The Morgan fingerprint density at radius 2 is 2.08 bits per heavy atom. The Labute approximate surface area is 80.6 Å². The molecule has 0 amide bonds. The van der Waals surface area contributed by atoms with Crippen LogP contribution in [0.3, 0.4) is 0 Å². The van der Waals surface area contributed by atoms with Gasteiger partial charge in [-0.25, -0.2) is 4.39 Å². The van der Waals surface area contributed by atoms with Crippen LogP contribution in [0.25, 0.3) is 0 Å². The van der Waals surface area contributed by atoms with Crippen molar-refractivity contribution in [2.45, 2.75) is 13.8 Å². The van der Waals surface area contributed by atoms with Gasteiger partial charge in [0.25, 0.3) is 0 Å². The second-order valence-corrected chi connectivity index (χ2v) is 3.12. The molecule has 0 spiro atoms. The molecule has 0 atom stereocenters. The lowest BCUT2D eigenvalue weighted by molar-refractivity contribution is 0.320. The van der Waals surface area contributed by atoms with Gasteiger partial charge < -0.3 is 5.21 Å². The summed E-state index contributed by atoms with van der Waals surface area (Å²) in [7, 11) is 0. The van der Waals surface area contributed by atoms with Crippen LogP contribution in [0, 0.1) is 19.7 Å². The first-order valence-corrected chi connectivity index (χ1v) is 4.09. The monoisotopic (exact) mass is 201 g/mol. The van der Waals surface area contributed by atoms with Gasteiger partial charge in [0.1, 0.15) is 5.82 Å². The van der Waals surface area contributed by atoms with Crippen molar-refractivity contribution in [3.8, 4) is 0 Å². The largest absolute Gasteiger partial charge is 0.410 e. The molecule has 2 nitrogen and oxygen atoms in total. The van der Waals surface area contributed by atoms with Crippen LogP contribution in [-0.2, 0) is 0 Å². The van der Waals surface area contributed by atoms with Crippen LogP contribution in [0.1, 0.15) is 16.7 Å². The van der Waals surface area contributed by atoms with E-state index in [9.17, 15) is 4.39 Å². The third kappa shape index (κ3) is 1.80. The molecule has 0 fully saturated rings. The molecule has 0 saturated carbocycles. The van der Waals surface area contributed by atoms with Crippen LogP contribution >= 0.6 is 11.6 Å². The zero-order valence-electron chi connectivity index (χ0n) is 7.31. The fourth-order valence-corrected chi connectivity index (χ4v) is 1.14. The Kier molecular flexibility index (Phi) is 2.88. The molecule has 0 unspecified atom stereocenters. The van der Waals surface area contributed by atoms with E-state index in [1.165, 1.54) is 6.07 Å². The average Bonchev–Trinajstić information content (AvgIpc) is 2.13. The Morgan fingerprint density at radius 1 is 1.46 bits per heavy atom. The molecule has 0 bridgehead atoms. The van der Waals surface area contributed by atoms with Crippen molar-refractivity contribution in [3.63, 3.8) is 0 Å². The number of oxime groups is 1. The maximum absolute atomic E-state index is 13.4. The van der Waals surface area contributed by atoms with E-state index in [0.29, 0.717) is 5.56 Å². The molecule has 1 aromatic carbocycles. The minimum atomic E-state index is -0.442. The Hall–Kier alpha value is -1.09. The van der Waals surface area contributed by atoms with E-state index in [0.717, 1.165) is 5.56 Å². The average molecular weight is 202 g/mol. The SMILES string of the molecule is Cc1ccc(C(Cl)=NO)c(F)c1C. The first-order valence-electron chi connectivity index (χ1n) is 3.71. The summed E-state index contributed by atoms with van der Waals surface area (Å²) in [5.74, 6) is -0.442. The highest BCUT2D eigenvalue weighted by Crippen LogP contribution is 2.18. The van der Waals surface area contributed by atoms with Gasteiger partial charge in [0.05, 0.1) is 5.56 Å². The summed E-state index contributed by atoms with van der Waals surface area (Å²) in [5, 5.41) is 10.9. The highest BCUT2D eigenvalue weighted by Gasteiger charge is 2.11. The molecule has 1 rings (SSSR count). The molecule has 0 radical (unpaired) electrons. The van der Waals surface area contributed by atoms with Gasteiger partial charge >= 0.3 is 0 Å². The molecule has 1 aromatic rings. The van der Waals surface area contributed by atoms with Crippen LogP contribution in [-0.4, -0.2) is 10.4 Å². The van der Waals surface area contributed by atoms with Crippen LogP contribution in [0.4, 0.5) is 4.39 Å². The normalized spacial score (nSPS) is 11.8. The molecular weight excluding hydrogens is 193 g/mol. The molecule has 70 valence electrons. The van der Waals surface area contributed by atoms with E-state index >= 15 is 0 Å². The van der Waals surface area contributed by atoms with Gasteiger partial charge in [0.15, 0.2) is 5.17 Å². The number of benzene rings is 1. The van der Waals surface area contributed by atoms with Crippen molar-refractivity contribution >= 4 is 16.8 Å². The predicted molar refractivity (Wildman–Crippen MR) is 50.1 cm³/mol. The smallest absolute Gasteiger partial charge is 0.178 e. The second kappa shape index (κ2) is 3.75. The van der Waals surface area contributed by atoms with Crippen LogP contribution < -0.4 is 0 Å². The van der Waals surface area contributed by atoms with E-state index in [4.69, 9.17) is 16.8 Å². The molecule has 0 aliphatic heterocycles. The van der Waals surface area contributed by atoms with Crippen LogP contribution in [0.15, 0.2) is 17.3 Å². The summed E-state index contributed by atoms with van der Waals surface area (Å²) in [5.41, 5.74) is 1.47. The molecule has 0 aliphatic rings. The Bertz CT molecular complexity index is 363. The molecule has 0 aromatic heterocycles. The van der Waals surface area contributed by atoms with Gasteiger partial charge in [-0.15, -0.1) is 0 Å². The first kappa shape index (κ1) is 9.99. The molecule has 0 aliphatic carbocycles. The standard InChI is InChI=1S/C9H9ClFNO/c1-5-3-4-7(9(10)12-13)8(11)6(5)2/h3-4,13H,1-2H3. The highest BCUT2D eigenvalue weighted by atomic mass is 35.5. The molecule has 0 heterocycles. The van der Waals surface area contributed by atoms with E-state index < -0.39 is 5.82 Å². The van der Waals surface area contributed by atoms with Crippen molar-refractivity contribution in [3.05, 3.63) is 34.6 Å². The zero-order valence-corrected chi connectivity index (χ0v) is 8.06. The summed E-state index contributed by atoms with van der Waals surface area (Å²) >= 11 is 5.48. The fourth-order valence-electron chi connectivity index (χ4n) is 0.995. The van der Waals surface area contributed by atoms with Crippen molar-refractivity contribution < 1.29 is 9.60 Å². The minimum absolute atomic E-state index is 0.118. The van der Waals surface area contributed by atoms with Gasteiger partial charge in [-0.2, -0.15) is 0 Å². The number of hydrogen-bond donors (Lipinski definition) is 1. The van der Waals surface area contributed by atoms with Crippen molar-refractivity contribution in [1.29, 1.82) is 0 Å². The van der Waals surface area contributed by atoms with Crippen LogP contribution in [0.5, 0.6) is 0 Å². The number of halogens is 2. The second-order valence-electron chi connectivity index (χ2n) is 2.76. The highest BCUT2D eigenvalue weighted by molar-refractivity contribution is 6.69. The van der Waals surface area contributed by atoms with Gasteiger partial charge in [-0.05, 0) is 31.0 Å². The number of aryl methyl sites for hydroxylation is 1. The predicted octanol–water partition coefficient (Wildman–Crippen LogP) is 2.82. The molecule has 13 heavy (non-hydrogen) atoms. The third-order valence-corrected chi connectivity index (χ3v) is 2.25. The van der Waals surface area contributed by atoms with Gasteiger partial charge in [0.2, 0.25) is 0 Å². The summed E-state index contributed by atoms with van der Waals surface area (Å²) in [6, 6.07) is 3.21. The lowest BCUT2D eigenvalue weighted by Gasteiger charge is -2.05. The molecule has 4 heteroatoms. The number of hydrogen-bond acceptors (Lipinski definition) is 2. The molecule has 0 saturated heterocycles.